The lowest BCUT2D eigenvalue weighted by molar-refractivity contribution is -0.0186. The van der Waals surface area contributed by atoms with Crippen molar-refractivity contribution in [3.05, 3.63) is 42.0 Å². The van der Waals surface area contributed by atoms with Crippen LogP contribution in [0.15, 0.2) is 46.9 Å². The summed E-state index contributed by atoms with van der Waals surface area (Å²) in [6.45, 7) is 10.5. The van der Waals surface area contributed by atoms with Gasteiger partial charge in [0.1, 0.15) is 0 Å². The van der Waals surface area contributed by atoms with Gasteiger partial charge in [-0.05, 0) is 105 Å². The van der Waals surface area contributed by atoms with Gasteiger partial charge in [-0.15, -0.1) is 0 Å². The van der Waals surface area contributed by atoms with Crippen LogP contribution < -0.4 is 0 Å². The molecule has 1 aromatic carbocycles. The normalized spacial score (nSPS) is 36.4. The maximum absolute atomic E-state index is 12.8. The Kier molecular flexibility index (Phi) is 9.48. The summed E-state index contributed by atoms with van der Waals surface area (Å²) in [5, 5.41) is 10.1. The smallest absolute Gasteiger partial charge is 0.178 e. The molecule has 34 heavy (non-hydrogen) atoms. The number of rotatable bonds is 4. The molecule has 0 spiro atoms. The second kappa shape index (κ2) is 11.7. The van der Waals surface area contributed by atoms with Crippen LogP contribution >= 0.6 is 0 Å². The minimum atomic E-state index is -3.19. The van der Waals surface area contributed by atoms with Crippen LogP contribution in [0.5, 0.6) is 0 Å². The molecule has 3 fully saturated rings. The lowest BCUT2D eigenvalue weighted by Crippen LogP contribution is -2.46. The van der Waals surface area contributed by atoms with Crippen LogP contribution in [0, 0.1) is 35.0 Å². The number of hydrogen-bond acceptors (Lipinski definition) is 3. The molecule has 0 aliphatic heterocycles. The summed E-state index contributed by atoms with van der Waals surface area (Å²) in [6, 6.07) is 8.96. The predicted molar refractivity (Wildman–Crippen MR) is 142 cm³/mol. The van der Waals surface area contributed by atoms with Crippen LogP contribution in [-0.2, 0) is 9.84 Å². The lowest BCUT2D eigenvalue weighted by atomic mass is 9.51. The summed E-state index contributed by atoms with van der Waals surface area (Å²) in [5.41, 5.74) is 1.84. The van der Waals surface area contributed by atoms with Crippen LogP contribution in [0.3, 0.4) is 0 Å². The number of fused-ring (bicyclic) bond motifs is 5. The first-order valence-corrected chi connectivity index (χ1v) is 15.7. The first kappa shape index (κ1) is 27.5. The van der Waals surface area contributed by atoms with E-state index in [2.05, 4.69) is 13.0 Å². The Hall–Kier alpha value is -1.13. The van der Waals surface area contributed by atoms with Crippen LogP contribution in [-0.4, -0.2) is 25.4 Å². The number of aliphatic hydroxyl groups is 1. The highest BCUT2D eigenvalue weighted by molar-refractivity contribution is 7.91. The van der Waals surface area contributed by atoms with Gasteiger partial charge in [-0.3, -0.25) is 0 Å². The van der Waals surface area contributed by atoms with Gasteiger partial charge >= 0.3 is 0 Å². The Bertz CT molecular complexity index is 906. The Morgan fingerprint density at radius 2 is 1.65 bits per heavy atom. The summed E-state index contributed by atoms with van der Waals surface area (Å²) in [5.74, 6) is 3.81. The average Bonchev–Trinajstić information content (AvgIpc) is 3.22. The molecule has 0 aromatic heterocycles. The topological polar surface area (TPSA) is 54.4 Å². The second-order valence-electron chi connectivity index (χ2n) is 10.7. The molecule has 4 heteroatoms. The van der Waals surface area contributed by atoms with Crippen molar-refractivity contribution in [2.75, 3.05) is 5.75 Å². The number of allylic oxidation sites excluding steroid dienone is 1. The summed E-state index contributed by atoms with van der Waals surface area (Å²) >= 11 is 0. The Labute approximate surface area is 209 Å². The summed E-state index contributed by atoms with van der Waals surface area (Å²) < 4.78 is 25.7. The molecular formula is C30H48O3S. The molecule has 3 nitrogen and oxygen atoms in total. The van der Waals surface area contributed by atoms with Crippen molar-refractivity contribution in [3.63, 3.8) is 0 Å². The van der Waals surface area contributed by atoms with Crippen molar-refractivity contribution < 1.29 is 13.5 Å². The van der Waals surface area contributed by atoms with E-state index in [0.29, 0.717) is 22.1 Å². The standard InChI is InChI=1S/C26H36O3S.2C2H6/c1-26-15-13-23-22-11-9-20(27)17-18(22)7-10-24(23)25(26)12-8-19(26)14-16-30(28,29)21-5-3-2-4-6-21;2*1-2/h2-7,19-20,22-25,27H,8-17H2,1H3;2*1-2H3/t19-,20?,22?,23?,24?,25?,26?;;/m1../s1. The summed E-state index contributed by atoms with van der Waals surface area (Å²) in [7, 11) is -3.19. The van der Waals surface area contributed by atoms with Crippen molar-refractivity contribution in [2.45, 2.75) is 103 Å². The minimum absolute atomic E-state index is 0.125. The zero-order valence-corrected chi connectivity index (χ0v) is 23.0. The molecule has 7 atom stereocenters. The van der Waals surface area contributed by atoms with Gasteiger partial charge in [0.05, 0.1) is 16.8 Å². The van der Waals surface area contributed by atoms with E-state index in [1.165, 1.54) is 32.1 Å². The second-order valence-corrected chi connectivity index (χ2v) is 12.8. The molecule has 0 radical (unpaired) electrons. The number of benzene rings is 1. The quantitative estimate of drug-likeness (QED) is 0.448. The number of sulfone groups is 1. The van der Waals surface area contributed by atoms with Gasteiger partial charge in [0.15, 0.2) is 9.84 Å². The molecule has 6 unspecified atom stereocenters. The van der Waals surface area contributed by atoms with E-state index in [1.54, 1.807) is 17.7 Å². The fourth-order valence-corrected chi connectivity index (χ4v) is 9.28. The van der Waals surface area contributed by atoms with Crippen molar-refractivity contribution in [2.24, 2.45) is 35.0 Å². The van der Waals surface area contributed by atoms with Gasteiger partial charge in [-0.1, -0.05) is 64.5 Å². The van der Waals surface area contributed by atoms with Crippen LogP contribution in [0.2, 0.25) is 0 Å². The van der Waals surface area contributed by atoms with Crippen molar-refractivity contribution >= 4 is 9.84 Å². The van der Waals surface area contributed by atoms with Gasteiger partial charge in [0, 0.05) is 0 Å². The molecule has 3 saturated carbocycles. The van der Waals surface area contributed by atoms with Crippen molar-refractivity contribution in [3.8, 4) is 0 Å². The maximum Gasteiger partial charge on any atom is 0.178 e. The molecule has 5 rings (SSSR count). The Morgan fingerprint density at radius 1 is 0.941 bits per heavy atom. The third-order valence-corrected chi connectivity index (χ3v) is 11.2. The molecule has 0 saturated heterocycles. The van der Waals surface area contributed by atoms with E-state index in [0.717, 1.165) is 43.4 Å². The number of aliphatic hydroxyl groups excluding tert-OH is 1. The van der Waals surface area contributed by atoms with Gasteiger partial charge in [-0.25, -0.2) is 8.42 Å². The SMILES string of the molecule is CC.CC.CC12CCC3C4CCC(O)CC4=CCC3C1CC[C@@H]2CCS(=O)(=O)c1ccccc1. The fourth-order valence-electron chi connectivity index (χ4n) is 7.88. The zero-order chi connectivity index (χ0) is 24.9. The van der Waals surface area contributed by atoms with E-state index in [-0.39, 0.29) is 11.9 Å². The molecule has 1 aromatic rings. The molecule has 4 aliphatic rings. The van der Waals surface area contributed by atoms with E-state index < -0.39 is 9.84 Å². The number of hydrogen-bond donors (Lipinski definition) is 1. The predicted octanol–water partition coefficient (Wildman–Crippen LogP) is 7.45. The molecule has 0 heterocycles. The van der Waals surface area contributed by atoms with Gasteiger partial charge in [0.2, 0.25) is 0 Å². The molecule has 192 valence electrons. The highest BCUT2D eigenvalue weighted by atomic mass is 32.2. The Balaban J connectivity index is 0.000000771. The maximum atomic E-state index is 12.8. The van der Waals surface area contributed by atoms with Gasteiger partial charge in [0.25, 0.3) is 0 Å². The lowest BCUT2D eigenvalue weighted by Gasteiger charge is -2.53. The first-order chi connectivity index (χ1) is 16.4. The fraction of sp³-hybridized carbons (Fsp3) is 0.733. The Morgan fingerprint density at radius 3 is 2.35 bits per heavy atom. The largest absolute Gasteiger partial charge is 0.393 e. The average molecular weight is 489 g/mol. The van der Waals surface area contributed by atoms with Gasteiger partial charge in [-0.2, -0.15) is 0 Å². The minimum Gasteiger partial charge on any atom is -0.393 e. The molecular weight excluding hydrogens is 440 g/mol. The highest BCUT2D eigenvalue weighted by Crippen LogP contribution is 2.63. The summed E-state index contributed by atoms with van der Waals surface area (Å²) in [4.78, 5) is 0.470. The van der Waals surface area contributed by atoms with Crippen molar-refractivity contribution in [1.29, 1.82) is 0 Å². The molecule has 0 amide bonds. The van der Waals surface area contributed by atoms with Crippen molar-refractivity contribution in [1.82, 2.24) is 0 Å². The third-order valence-electron chi connectivity index (χ3n) is 9.45. The van der Waals surface area contributed by atoms with Gasteiger partial charge < -0.3 is 5.11 Å². The first-order valence-electron chi connectivity index (χ1n) is 14.0. The van der Waals surface area contributed by atoms with E-state index in [4.69, 9.17) is 0 Å². The summed E-state index contributed by atoms with van der Waals surface area (Å²) in [6.07, 6.45) is 12.4. The van der Waals surface area contributed by atoms with Crippen LogP contribution in [0.25, 0.3) is 0 Å². The molecule has 4 aliphatic carbocycles. The third kappa shape index (κ3) is 5.33. The van der Waals surface area contributed by atoms with Crippen LogP contribution in [0.4, 0.5) is 0 Å². The highest BCUT2D eigenvalue weighted by Gasteiger charge is 2.55. The van der Waals surface area contributed by atoms with E-state index in [1.807, 2.05) is 45.9 Å². The molecule has 0 bridgehead atoms. The molecule has 1 N–H and O–H groups in total. The van der Waals surface area contributed by atoms with E-state index in [9.17, 15) is 13.5 Å². The van der Waals surface area contributed by atoms with E-state index >= 15 is 0 Å². The van der Waals surface area contributed by atoms with Crippen LogP contribution in [0.1, 0.15) is 92.4 Å². The monoisotopic (exact) mass is 488 g/mol. The zero-order valence-electron chi connectivity index (χ0n) is 22.2.